The molecule has 170 valence electrons. The molecule has 33 heavy (non-hydrogen) atoms. The van der Waals surface area contributed by atoms with E-state index < -0.39 is 27.4 Å². The van der Waals surface area contributed by atoms with Gasteiger partial charge < -0.3 is 15.1 Å². The zero-order valence-corrected chi connectivity index (χ0v) is 18.7. The highest BCUT2D eigenvalue weighted by Gasteiger charge is 2.23. The van der Waals surface area contributed by atoms with Crippen LogP contribution in [-0.2, 0) is 15.6 Å². The Labute approximate surface area is 188 Å². The van der Waals surface area contributed by atoms with Gasteiger partial charge in [0, 0.05) is 40.4 Å². The first-order valence-electron chi connectivity index (χ1n) is 10.1. The molecule has 0 aliphatic rings. The fourth-order valence-electron chi connectivity index (χ4n) is 4.11. The molecule has 2 aromatic carbocycles. The summed E-state index contributed by atoms with van der Waals surface area (Å²) >= 11 is 0. The molecule has 4 rings (SSSR count). The van der Waals surface area contributed by atoms with Gasteiger partial charge in [0.05, 0.1) is 11.3 Å². The predicted octanol–water partition coefficient (Wildman–Crippen LogP) is 4.06. The fourth-order valence-corrected chi connectivity index (χ4v) is 4.91. The van der Waals surface area contributed by atoms with Crippen molar-refractivity contribution in [3.63, 3.8) is 0 Å². The Morgan fingerprint density at radius 3 is 2.48 bits per heavy atom. The van der Waals surface area contributed by atoms with Crippen LogP contribution >= 0.6 is 0 Å². The number of hydrogen-bond donors (Lipinski definition) is 3. The fraction of sp³-hybridized carbons (Fsp3) is 0.167. The molecule has 0 spiro atoms. The number of aromatic nitrogens is 2. The molecule has 7 nitrogen and oxygen atoms in total. The minimum atomic E-state index is -3.44. The summed E-state index contributed by atoms with van der Waals surface area (Å²) in [6.45, 7) is 1.85. The minimum Gasteiger partial charge on any atom is -0.477 e. The van der Waals surface area contributed by atoms with Crippen LogP contribution in [0.1, 0.15) is 40.0 Å². The molecule has 3 N–H and O–H groups in total. The number of sulfone groups is 1. The minimum absolute atomic E-state index is 0.00980. The molecule has 2 heterocycles. The van der Waals surface area contributed by atoms with E-state index in [-0.39, 0.29) is 22.7 Å². The summed E-state index contributed by atoms with van der Waals surface area (Å²) in [7, 11) is -3.44. The van der Waals surface area contributed by atoms with Crippen LogP contribution in [0.3, 0.4) is 0 Å². The van der Waals surface area contributed by atoms with E-state index in [1.165, 1.54) is 18.3 Å². The van der Waals surface area contributed by atoms with Gasteiger partial charge in [-0.05, 0) is 23.3 Å². The molecule has 4 aromatic rings. The highest BCUT2D eigenvalue weighted by Crippen LogP contribution is 2.37. The molecule has 0 amide bonds. The van der Waals surface area contributed by atoms with Gasteiger partial charge in [0.25, 0.3) is 5.56 Å². The Morgan fingerprint density at radius 2 is 1.85 bits per heavy atom. The Bertz CT molecular complexity index is 1550. The molecule has 1 atom stereocenters. The van der Waals surface area contributed by atoms with E-state index in [4.69, 9.17) is 0 Å². The molecule has 0 saturated heterocycles. The van der Waals surface area contributed by atoms with Crippen molar-refractivity contribution < 1.29 is 22.7 Å². The average molecular weight is 469 g/mol. The van der Waals surface area contributed by atoms with E-state index in [1.807, 2.05) is 6.92 Å². The summed E-state index contributed by atoms with van der Waals surface area (Å²) in [6.07, 6.45) is 2.56. The van der Waals surface area contributed by atoms with Crippen LogP contribution in [0, 0.1) is 5.82 Å². The lowest BCUT2D eigenvalue weighted by Gasteiger charge is -2.13. The topological polar surface area (TPSA) is 120 Å². The average Bonchev–Trinajstić information content (AvgIpc) is 3.14. The lowest BCUT2D eigenvalue weighted by Crippen LogP contribution is -2.14. The Kier molecular flexibility index (Phi) is 5.67. The third kappa shape index (κ3) is 4.31. The van der Waals surface area contributed by atoms with E-state index in [2.05, 4.69) is 9.97 Å². The van der Waals surface area contributed by atoms with Crippen LogP contribution in [0.2, 0.25) is 0 Å². The van der Waals surface area contributed by atoms with E-state index in [9.17, 15) is 27.5 Å². The molecular formula is C24H21FN2O5S. The Hall–Kier alpha value is -3.72. The number of nitrogens with one attached hydrogen (secondary N) is 2. The monoisotopic (exact) mass is 468 g/mol. The molecular weight excluding hydrogens is 447 g/mol. The molecule has 0 fully saturated rings. The number of carbonyl (C=O) groups is 1. The molecule has 0 aliphatic carbocycles. The van der Waals surface area contributed by atoms with Crippen molar-refractivity contribution in [3.05, 3.63) is 93.3 Å². The molecule has 2 aromatic heterocycles. The van der Waals surface area contributed by atoms with Crippen LogP contribution in [0.4, 0.5) is 4.39 Å². The SMILES string of the molecule is C[C@H](c1ccc[nH]c1=O)c1cccc2c(-c3ccc(CS(C)(=O)=O)c(F)c3)c(C(=O)O)[nH]c12. The van der Waals surface area contributed by atoms with Crippen LogP contribution in [0.25, 0.3) is 22.0 Å². The van der Waals surface area contributed by atoms with Crippen molar-refractivity contribution in [2.24, 2.45) is 0 Å². The van der Waals surface area contributed by atoms with Gasteiger partial charge in [-0.2, -0.15) is 0 Å². The largest absolute Gasteiger partial charge is 0.477 e. The zero-order chi connectivity index (χ0) is 23.9. The zero-order valence-electron chi connectivity index (χ0n) is 17.8. The quantitative estimate of drug-likeness (QED) is 0.394. The first-order chi connectivity index (χ1) is 15.6. The summed E-state index contributed by atoms with van der Waals surface area (Å²) in [5, 5.41) is 10.4. The third-order valence-electron chi connectivity index (χ3n) is 5.62. The van der Waals surface area contributed by atoms with Crippen LogP contribution in [0.15, 0.2) is 59.5 Å². The summed E-state index contributed by atoms with van der Waals surface area (Å²) in [5.41, 5.74) is 2.00. The second-order valence-corrected chi connectivity index (χ2v) is 10.1. The molecule has 0 unspecified atom stereocenters. The number of aromatic carboxylic acids is 1. The summed E-state index contributed by atoms with van der Waals surface area (Å²) in [4.78, 5) is 29.9. The van der Waals surface area contributed by atoms with Gasteiger partial charge in [-0.1, -0.05) is 43.3 Å². The Morgan fingerprint density at radius 1 is 1.12 bits per heavy atom. The van der Waals surface area contributed by atoms with Gasteiger partial charge in [-0.15, -0.1) is 0 Å². The van der Waals surface area contributed by atoms with Gasteiger partial charge in [-0.25, -0.2) is 17.6 Å². The third-order valence-corrected chi connectivity index (χ3v) is 6.46. The van der Waals surface area contributed by atoms with Crippen LogP contribution < -0.4 is 5.56 Å². The lowest BCUT2D eigenvalue weighted by molar-refractivity contribution is 0.0692. The molecule has 9 heteroatoms. The van der Waals surface area contributed by atoms with E-state index >= 15 is 0 Å². The van der Waals surface area contributed by atoms with E-state index in [1.54, 1.807) is 30.3 Å². The number of para-hydroxylation sites is 1. The maximum absolute atomic E-state index is 14.7. The van der Waals surface area contributed by atoms with E-state index in [0.717, 1.165) is 12.3 Å². The second-order valence-electron chi connectivity index (χ2n) is 8.00. The van der Waals surface area contributed by atoms with Crippen molar-refractivity contribution in [1.82, 2.24) is 9.97 Å². The van der Waals surface area contributed by atoms with Crippen LogP contribution in [0.5, 0.6) is 0 Å². The number of H-pyrrole nitrogens is 2. The number of carboxylic acids is 1. The molecule has 0 aliphatic heterocycles. The Balaban J connectivity index is 1.92. The first-order valence-corrected chi connectivity index (χ1v) is 12.1. The summed E-state index contributed by atoms with van der Waals surface area (Å²) < 4.78 is 37.8. The van der Waals surface area contributed by atoms with Gasteiger partial charge in [-0.3, -0.25) is 4.79 Å². The number of carboxylic acid groups (broad SMARTS) is 1. The number of hydrogen-bond acceptors (Lipinski definition) is 4. The van der Waals surface area contributed by atoms with E-state index in [0.29, 0.717) is 33.2 Å². The van der Waals surface area contributed by atoms with Gasteiger partial charge >= 0.3 is 5.97 Å². The second kappa shape index (κ2) is 8.32. The number of fused-ring (bicyclic) bond motifs is 1. The molecule has 0 radical (unpaired) electrons. The summed E-state index contributed by atoms with van der Waals surface area (Å²) in [5.74, 6) is -2.76. The van der Waals surface area contributed by atoms with Crippen molar-refractivity contribution in [2.75, 3.05) is 6.26 Å². The number of halogens is 1. The highest BCUT2D eigenvalue weighted by molar-refractivity contribution is 7.89. The van der Waals surface area contributed by atoms with Gasteiger partial charge in [0.2, 0.25) is 0 Å². The number of rotatable bonds is 6. The highest BCUT2D eigenvalue weighted by atomic mass is 32.2. The number of aromatic amines is 2. The van der Waals surface area contributed by atoms with Crippen molar-refractivity contribution in [1.29, 1.82) is 0 Å². The maximum Gasteiger partial charge on any atom is 0.352 e. The van der Waals surface area contributed by atoms with Crippen molar-refractivity contribution in [2.45, 2.75) is 18.6 Å². The van der Waals surface area contributed by atoms with Crippen molar-refractivity contribution in [3.8, 4) is 11.1 Å². The predicted molar refractivity (Wildman–Crippen MR) is 124 cm³/mol. The van der Waals surface area contributed by atoms with Crippen molar-refractivity contribution >= 4 is 26.7 Å². The normalized spacial score (nSPS) is 12.7. The standard InChI is InChI=1S/C24H21FN2O5S/c1-13(17-7-4-10-26-23(17)28)16-5-3-6-18-20(22(24(29)30)27-21(16)18)14-8-9-15(19(25)11-14)12-33(2,31)32/h3-11,13,27H,12H2,1-2H3,(H,26,28)(H,29,30)/t13-/m0/s1. The summed E-state index contributed by atoms with van der Waals surface area (Å²) in [6, 6.07) is 12.7. The first kappa shape index (κ1) is 22.5. The van der Waals surface area contributed by atoms with Gasteiger partial charge in [0.15, 0.2) is 9.84 Å². The van der Waals surface area contributed by atoms with Crippen LogP contribution in [-0.4, -0.2) is 35.7 Å². The number of benzene rings is 2. The molecule has 0 bridgehead atoms. The van der Waals surface area contributed by atoms with Gasteiger partial charge in [0.1, 0.15) is 11.5 Å². The number of pyridine rings is 1. The molecule has 0 saturated carbocycles. The smallest absolute Gasteiger partial charge is 0.352 e. The maximum atomic E-state index is 14.7. The lowest BCUT2D eigenvalue weighted by atomic mass is 9.91.